The van der Waals surface area contributed by atoms with Crippen molar-refractivity contribution in [3.63, 3.8) is 0 Å². The van der Waals surface area contributed by atoms with Crippen LogP contribution in [0.4, 0.5) is 8.87 Å². The van der Waals surface area contributed by atoms with Gasteiger partial charge in [-0.1, -0.05) is 0 Å². The summed E-state index contributed by atoms with van der Waals surface area (Å²) in [5, 5.41) is 0. The molecule has 2 heterocycles. The Balaban J connectivity index is 2.48. The highest BCUT2D eigenvalue weighted by atomic mass is 19.2. The van der Waals surface area contributed by atoms with Gasteiger partial charge in [-0.2, -0.15) is 4.39 Å². The molecule has 2 rings (SSSR count). The van der Waals surface area contributed by atoms with Gasteiger partial charge in [0.1, 0.15) is 6.20 Å². The van der Waals surface area contributed by atoms with Crippen molar-refractivity contribution in [2.75, 3.05) is 0 Å². The molecule has 2 atom stereocenters. The van der Waals surface area contributed by atoms with Crippen molar-refractivity contribution < 1.29 is 13.6 Å². The first-order valence-electron chi connectivity index (χ1n) is 3.04. The normalized spacial score (nSPS) is 42.2. The first kappa shape index (κ1) is 5.80. The molecule has 1 nitrogen and oxygen atoms in total. The van der Waals surface area contributed by atoms with Crippen LogP contribution in [0.25, 0.3) is 0 Å². The molecule has 52 valence electrons. The topological polar surface area (TPSA) is 0 Å². The zero-order valence-corrected chi connectivity index (χ0v) is 5.17. The Bertz CT molecular complexity index is 254. The van der Waals surface area contributed by atoms with E-state index in [9.17, 15) is 8.87 Å². The van der Waals surface area contributed by atoms with Gasteiger partial charge in [0.05, 0.1) is 0 Å². The van der Waals surface area contributed by atoms with Gasteiger partial charge in [-0.15, -0.1) is 0 Å². The molecule has 10 heavy (non-hydrogen) atoms. The minimum atomic E-state index is -1.55. The number of halogens is 2. The van der Waals surface area contributed by atoms with E-state index in [1.165, 1.54) is 24.4 Å². The van der Waals surface area contributed by atoms with Crippen molar-refractivity contribution in [1.29, 1.82) is 0 Å². The second-order valence-corrected chi connectivity index (χ2v) is 2.35. The van der Waals surface area contributed by atoms with Gasteiger partial charge in [0.2, 0.25) is 0 Å². The average molecular weight is 142 g/mol. The lowest BCUT2D eigenvalue weighted by molar-refractivity contribution is -1.00. The highest BCUT2D eigenvalue weighted by Crippen LogP contribution is 2.36. The number of fused-ring (bicyclic) bond motifs is 1. The number of hydrogen-bond donors (Lipinski definition) is 0. The highest BCUT2D eigenvalue weighted by molar-refractivity contribution is 5.27. The molecule has 2 unspecified atom stereocenters. The smallest absolute Gasteiger partial charge is 0.177 e. The van der Waals surface area contributed by atoms with Crippen LogP contribution in [0.1, 0.15) is 0 Å². The van der Waals surface area contributed by atoms with Crippen molar-refractivity contribution >= 4 is 0 Å². The maximum absolute atomic E-state index is 13.2. The Labute approximate surface area is 57.1 Å². The summed E-state index contributed by atoms with van der Waals surface area (Å²) in [4.78, 5) is 0. The summed E-state index contributed by atoms with van der Waals surface area (Å²) in [6.45, 7) is 0. The zero-order chi connectivity index (χ0) is 7.19. The maximum Gasteiger partial charge on any atom is 0.295 e. The molecular weight excluding hydrogens is 136 g/mol. The fourth-order valence-corrected chi connectivity index (χ4v) is 1.16. The molecule has 0 N–H and O–H groups in total. The highest BCUT2D eigenvalue weighted by Gasteiger charge is 2.46. The lowest BCUT2D eigenvalue weighted by atomic mass is 10.4. The molecule has 0 spiro atoms. The molecule has 3 heteroatoms. The van der Waals surface area contributed by atoms with Crippen molar-refractivity contribution in [1.82, 2.24) is 0 Å². The van der Waals surface area contributed by atoms with Crippen molar-refractivity contribution in [2.24, 2.45) is 0 Å². The summed E-state index contributed by atoms with van der Waals surface area (Å²) >= 11 is 0. The van der Waals surface area contributed by atoms with Gasteiger partial charge < -0.3 is 0 Å². The van der Waals surface area contributed by atoms with Gasteiger partial charge in [0.25, 0.3) is 6.30 Å². The molecule has 0 radical (unpaired) electrons. The van der Waals surface area contributed by atoms with E-state index in [1.807, 2.05) is 0 Å². The van der Waals surface area contributed by atoms with Crippen LogP contribution in [0.15, 0.2) is 36.2 Å². The van der Waals surface area contributed by atoms with Crippen LogP contribution in [-0.2, 0) is 0 Å². The van der Waals surface area contributed by atoms with E-state index in [0.29, 0.717) is 5.70 Å². The molecule has 2 aliphatic heterocycles. The zero-order valence-electron chi connectivity index (χ0n) is 5.17. The van der Waals surface area contributed by atoms with Crippen molar-refractivity contribution in [2.45, 2.75) is 6.30 Å². The van der Waals surface area contributed by atoms with Gasteiger partial charge in [-0.25, -0.2) is 0 Å². The van der Waals surface area contributed by atoms with Crippen LogP contribution in [0.2, 0.25) is 0 Å². The number of quaternary nitrogens is 1. The predicted octanol–water partition coefficient (Wildman–Crippen LogP) is 1.96. The van der Waals surface area contributed by atoms with E-state index in [0.717, 1.165) is 0 Å². The third-order valence-corrected chi connectivity index (χ3v) is 1.75. The largest absolute Gasteiger partial charge is 0.295 e. The SMILES string of the molecule is FC1C=CC2=CC=C[N+]21F. The Morgan fingerprint density at radius 2 is 2.30 bits per heavy atom. The van der Waals surface area contributed by atoms with Crippen LogP contribution in [0, 0.1) is 0 Å². The van der Waals surface area contributed by atoms with Crippen molar-refractivity contribution in [3.8, 4) is 0 Å². The van der Waals surface area contributed by atoms with Crippen molar-refractivity contribution in [3.05, 3.63) is 36.2 Å². The maximum atomic E-state index is 13.2. The van der Waals surface area contributed by atoms with Gasteiger partial charge in [0.15, 0.2) is 5.70 Å². The predicted molar refractivity (Wildman–Crippen MR) is 32.6 cm³/mol. The summed E-state index contributed by atoms with van der Waals surface area (Å²) in [5.74, 6) is 0. The van der Waals surface area contributed by atoms with E-state index >= 15 is 0 Å². The third-order valence-electron chi connectivity index (χ3n) is 1.75. The first-order chi connectivity index (χ1) is 4.73. The van der Waals surface area contributed by atoms with E-state index in [-0.39, 0.29) is 0 Å². The van der Waals surface area contributed by atoms with Crippen LogP contribution in [0.5, 0.6) is 0 Å². The molecule has 0 amide bonds. The van der Waals surface area contributed by atoms with E-state index < -0.39 is 11.0 Å². The molecule has 0 aliphatic carbocycles. The minimum absolute atomic E-state index is 0.368. The summed E-state index contributed by atoms with van der Waals surface area (Å²) < 4.78 is 24.7. The van der Waals surface area contributed by atoms with E-state index in [4.69, 9.17) is 0 Å². The Morgan fingerprint density at radius 1 is 1.50 bits per heavy atom. The summed E-state index contributed by atoms with van der Waals surface area (Å²) in [5.41, 5.74) is 0.368. The van der Waals surface area contributed by atoms with Gasteiger partial charge in [0, 0.05) is 28.8 Å². The average Bonchev–Trinajstić information content (AvgIpc) is 2.36. The minimum Gasteiger partial charge on any atom is -0.177 e. The summed E-state index contributed by atoms with van der Waals surface area (Å²) in [6, 6.07) is 0. The molecule has 0 aromatic rings. The quantitative estimate of drug-likeness (QED) is 0.358. The van der Waals surface area contributed by atoms with Crippen LogP contribution >= 0.6 is 0 Å². The monoisotopic (exact) mass is 142 g/mol. The van der Waals surface area contributed by atoms with E-state index in [1.54, 1.807) is 6.08 Å². The lowest BCUT2D eigenvalue weighted by Gasteiger charge is -2.15. The fraction of sp³-hybridized carbons (Fsp3) is 0.143. The van der Waals surface area contributed by atoms with Gasteiger partial charge >= 0.3 is 0 Å². The lowest BCUT2D eigenvalue weighted by Crippen LogP contribution is -2.32. The molecule has 0 aromatic carbocycles. The molecular formula is C7H6F2N+. The molecule has 0 saturated heterocycles. The Hall–Kier alpha value is -0.960. The Kier molecular flexibility index (Phi) is 0.898. The molecule has 0 saturated carbocycles. The molecule has 0 aromatic heterocycles. The van der Waals surface area contributed by atoms with Gasteiger partial charge in [-0.05, 0) is 4.71 Å². The molecule has 0 fully saturated rings. The first-order valence-corrected chi connectivity index (χ1v) is 3.04. The van der Waals surface area contributed by atoms with Crippen LogP contribution in [-0.4, -0.2) is 11.0 Å². The molecule has 2 aliphatic rings. The number of allylic oxidation sites excluding steroid dienone is 3. The second-order valence-electron chi connectivity index (χ2n) is 2.35. The summed E-state index contributed by atoms with van der Waals surface area (Å²) in [7, 11) is 0. The number of alkyl halides is 1. The standard InChI is InChI=1S/C7H6F2N/c8-7-4-3-6-2-1-5-10(6,7)9/h1-5,7H/q+1. The second kappa shape index (κ2) is 1.55. The number of rotatable bonds is 0. The van der Waals surface area contributed by atoms with Crippen LogP contribution in [0.3, 0.4) is 0 Å². The van der Waals surface area contributed by atoms with E-state index in [2.05, 4.69) is 0 Å². The third kappa shape index (κ3) is 0.484. The summed E-state index contributed by atoms with van der Waals surface area (Å²) in [6.07, 6.45) is 5.41. The number of hydrogen-bond acceptors (Lipinski definition) is 0. The van der Waals surface area contributed by atoms with Crippen LogP contribution < -0.4 is 0 Å². The van der Waals surface area contributed by atoms with Gasteiger partial charge in [-0.3, -0.25) is 0 Å². The fourth-order valence-electron chi connectivity index (χ4n) is 1.16. The Morgan fingerprint density at radius 3 is 3.00 bits per heavy atom. The number of nitrogens with zero attached hydrogens (tertiary/aromatic N) is 1. The molecule has 0 bridgehead atoms.